The summed E-state index contributed by atoms with van der Waals surface area (Å²) in [6.45, 7) is 11.8. The van der Waals surface area contributed by atoms with Crippen molar-refractivity contribution < 1.29 is 80.2 Å². The van der Waals surface area contributed by atoms with E-state index in [2.05, 4.69) is 48.5 Å². The lowest BCUT2D eigenvalue weighted by Gasteiger charge is -2.21. The normalized spacial score (nSPS) is 14.1. The molecule has 0 amide bonds. The highest BCUT2D eigenvalue weighted by molar-refractivity contribution is 7.47. The van der Waals surface area contributed by atoms with Crippen molar-refractivity contribution in [3.63, 3.8) is 0 Å². The average molecular weight is 1370 g/mol. The number of rotatable bonds is 72. The van der Waals surface area contributed by atoms with Gasteiger partial charge in [0.25, 0.3) is 0 Å². The second-order valence-electron chi connectivity index (χ2n) is 28.1. The number of phosphoric ester groups is 2. The van der Waals surface area contributed by atoms with Crippen LogP contribution in [0.25, 0.3) is 0 Å². The van der Waals surface area contributed by atoms with Crippen molar-refractivity contribution in [2.24, 2.45) is 17.8 Å². The number of esters is 4. The van der Waals surface area contributed by atoms with Gasteiger partial charge in [-0.1, -0.05) is 325 Å². The third-order valence-corrected chi connectivity index (χ3v) is 19.0. The van der Waals surface area contributed by atoms with Crippen LogP contribution in [0.1, 0.15) is 376 Å². The number of carbonyl (C=O) groups is 4. The van der Waals surface area contributed by atoms with Crippen LogP contribution in [0.5, 0.6) is 0 Å². The van der Waals surface area contributed by atoms with E-state index in [1.807, 2.05) is 0 Å². The molecule has 0 radical (unpaired) electrons. The molecule has 93 heavy (non-hydrogen) atoms. The molecule has 0 aromatic heterocycles. The van der Waals surface area contributed by atoms with Crippen LogP contribution in [0, 0.1) is 17.8 Å². The largest absolute Gasteiger partial charge is 0.472 e. The molecule has 0 rings (SSSR count). The molecule has 5 atom stereocenters. The quantitative estimate of drug-likeness (QED) is 0.0222. The van der Waals surface area contributed by atoms with Gasteiger partial charge in [-0.2, -0.15) is 0 Å². The van der Waals surface area contributed by atoms with Crippen molar-refractivity contribution in [2.45, 2.75) is 394 Å². The Morgan fingerprint density at radius 3 is 0.731 bits per heavy atom. The molecule has 552 valence electrons. The molecule has 0 fully saturated rings. The van der Waals surface area contributed by atoms with Gasteiger partial charge in [0.15, 0.2) is 12.2 Å². The van der Waals surface area contributed by atoms with Gasteiger partial charge in [-0.3, -0.25) is 37.3 Å². The van der Waals surface area contributed by atoms with Crippen molar-refractivity contribution in [3.05, 3.63) is 0 Å². The van der Waals surface area contributed by atoms with Crippen molar-refractivity contribution in [2.75, 3.05) is 39.6 Å². The molecule has 0 spiro atoms. The number of aliphatic hydroxyl groups excluding tert-OH is 1. The van der Waals surface area contributed by atoms with Gasteiger partial charge in [0, 0.05) is 25.7 Å². The first kappa shape index (κ1) is 91.1. The van der Waals surface area contributed by atoms with Crippen LogP contribution in [0.15, 0.2) is 0 Å². The van der Waals surface area contributed by atoms with Gasteiger partial charge in [-0.05, 0) is 43.4 Å². The zero-order valence-corrected chi connectivity index (χ0v) is 62.5. The summed E-state index contributed by atoms with van der Waals surface area (Å²) in [5.74, 6) is 0.100. The SMILES string of the molecule is CCCCCCCCCCCCCCCCCCCC(=O)O[C@H](COC(=O)CCCCCCCCCCCCC(C)C)COP(=O)(O)OC[C@@H](O)COP(=O)(O)OC[C@@H](COC(=O)CCCCCCCCCCC(C)C)OC(=O)CCCCCCCCCCCC(C)C. The number of hydrogen-bond acceptors (Lipinski definition) is 15. The van der Waals surface area contributed by atoms with Crippen molar-refractivity contribution >= 4 is 39.5 Å². The predicted molar refractivity (Wildman–Crippen MR) is 377 cm³/mol. The highest BCUT2D eigenvalue weighted by atomic mass is 31.2. The highest BCUT2D eigenvalue weighted by Gasteiger charge is 2.30. The fourth-order valence-corrected chi connectivity index (χ4v) is 12.8. The average Bonchev–Trinajstić information content (AvgIpc) is 2.82. The van der Waals surface area contributed by atoms with Gasteiger partial charge in [-0.15, -0.1) is 0 Å². The van der Waals surface area contributed by atoms with E-state index in [0.29, 0.717) is 25.7 Å². The van der Waals surface area contributed by atoms with Crippen LogP contribution < -0.4 is 0 Å². The van der Waals surface area contributed by atoms with Gasteiger partial charge in [0.05, 0.1) is 26.4 Å². The van der Waals surface area contributed by atoms with Crippen LogP contribution in [0.4, 0.5) is 0 Å². The molecule has 3 N–H and O–H groups in total. The van der Waals surface area contributed by atoms with E-state index in [1.165, 1.54) is 186 Å². The molecule has 0 aliphatic rings. The zero-order valence-electron chi connectivity index (χ0n) is 60.7. The molecule has 0 saturated carbocycles. The topological polar surface area (TPSA) is 237 Å². The molecule has 17 nitrogen and oxygen atoms in total. The van der Waals surface area contributed by atoms with E-state index < -0.39 is 97.5 Å². The molecule has 2 unspecified atom stereocenters. The molecular formula is C74H144O17P2. The number of unbranched alkanes of at least 4 members (excludes halogenated alkanes) is 40. The Kier molecular flexibility index (Phi) is 63.4. The van der Waals surface area contributed by atoms with E-state index in [4.69, 9.17) is 37.0 Å². The van der Waals surface area contributed by atoms with Crippen LogP contribution in [0.3, 0.4) is 0 Å². The number of hydrogen-bond donors (Lipinski definition) is 3. The van der Waals surface area contributed by atoms with E-state index in [0.717, 1.165) is 108 Å². The van der Waals surface area contributed by atoms with Gasteiger partial charge in [0.1, 0.15) is 19.3 Å². The number of aliphatic hydroxyl groups is 1. The van der Waals surface area contributed by atoms with E-state index in [-0.39, 0.29) is 25.7 Å². The Morgan fingerprint density at radius 2 is 0.495 bits per heavy atom. The summed E-state index contributed by atoms with van der Waals surface area (Å²) in [7, 11) is -9.91. The minimum Gasteiger partial charge on any atom is -0.462 e. The highest BCUT2D eigenvalue weighted by Crippen LogP contribution is 2.45. The lowest BCUT2D eigenvalue weighted by molar-refractivity contribution is -0.161. The van der Waals surface area contributed by atoms with Gasteiger partial charge in [-0.25, -0.2) is 9.13 Å². The van der Waals surface area contributed by atoms with Crippen LogP contribution in [-0.4, -0.2) is 96.7 Å². The Hall–Kier alpha value is -1.94. The molecular weight excluding hydrogens is 1220 g/mol. The fraction of sp³-hybridized carbons (Fsp3) is 0.946. The summed E-state index contributed by atoms with van der Waals surface area (Å²) in [4.78, 5) is 72.7. The first-order valence-corrected chi connectivity index (χ1v) is 41.3. The van der Waals surface area contributed by atoms with E-state index in [9.17, 15) is 43.2 Å². The number of phosphoric acid groups is 2. The second kappa shape index (κ2) is 64.7. The van der Waals surface area contributed by atoms with Crippen LogP contribution in [0.2, 0.25) is 0 Å². The summed E-state index contributed by atoms with van der Waals surface area (Å²) < 4.78 is 68.5. The summed E-state index contributed by atoms with van der Waals surface area (Å²) in [5, 5.41) is 10.6. The molecule has 19 heteroatoms. The van der Waals surface area contributed by atoms with Crippen LogP contribution >= 0.6 is 15.6 Å². The number of ether oxygens (including phenoxy) is 4. The third kappa shape index (κ3) is 68.4. The lowest BCUT2D eigenvalue weighted by Crippen LogP contribution is -2.30. The summed E-state index contributed by atoms with van der Waals surface area (Å²) in [6.07, 6.45) is 50.0. The minimum atomic E-state index is -4.96. The van der Waals surface area contributed by atoms with Crippen molar-refractivity contribution in [1.82, 2.24) is 0 Å². The zero-order chi connectivity index (χ0) is 68.7. The van der Waals surface area contributed by atoms with Gasteiger partial charge < -0.3 is 33.8 Å². The molecule has 0 bridgehead atoms. The van der Waals surface area contributed by atoms with Gasteiger partial charge >= 0.3 is 39.5 Å². The Balaban J connectivity index is 5.25. The Bertz CT molecular complexity index is 1820. The second-order valence-corrected chi connectivity index (χ2v) is 31.0. The van der Waals surface area contributed by atoms with E-state index in [1.54, 1.807) is 0 Å². The summed E-state index contributed by atoms with van der Waals surface area (Å²) in [5.41, 5.74) is 0. The maximum atomic E-state index is 13.1. The Morgan fingerprint density at radius 1 is 0.290 bits per heavy atom. The fourth-order valence-electron chi connectivity index (χ4n) is 11.2. The van der Waals surface area contributed by atoms with Gasteiger partial charge in [0.2, 0.25) is 0 Å². The molecule has 0 aliphatic heterocycles. The van der Waals surface area contributed by atoms with Crippen LogP contribution in [-0.2, 0) is 65.4 Å². The van der Waals surface area contributed by atoms with Crippen molar-refractivity contribution in [3.8, 4) is 0 Å². The number of carbonyl (C=O) groups excluding carboxylic acids is 4. The lowest BCUT2D eigenvalue weighted by atomic mass is 10.0. The maximum absolute atomic E-state index is 13.1. The maximum Gasteiger partial charge on any atom is 0.472 e. The molecule has 0 aliphatic carbocycles. The van der Waals surface area contributed by atoms with Crippen molar-refractivity contribution in [1.29, 1.82) is 0 Å². The predicted octanol–water partition coefficient (Wildman–Crippen LogP) is 21.4. The first-order valence-electron chi connectivity index (χ1n) is 38.3. The standard InChI is InChI=1S/C74H144O17P2/c1-8-9-10-11-12-13-14-15-16-17-18-19-20-27-36-43-50-57-73(78)90-69(61-84-71(76)55-48-41-34-26-22-21-24-31-38-45-52-65(2)3)63-88-92(80,81)86-59-68(75)60-87-93(82,83)89-64-70(62-85-72(77)56-49-42-35-30-29-33-40-47-54-67(6)7)91-74(79)58-51-44-37-28-23-25-32-39-46-53-66(4)5/h65-70,75H,8-64H2,1-7H3,(H,80,81)(H,82,83)/t68-,69-,70-/m1/s1. The summed E-state index contributed by atoms with van der Waals surface area (Å²) in [6, 6.07) is 0. The molecule has 0 saturated heterocycles. The molecule has 0 aromatic carbocycles. The molecule has 0 heterocycles. The van der Waals surface area contributed by atoms with E-state index >= 15 is 0 Å². The summed E-state index contributed by atoms with van der Waals surface area (Å²) >= 11 is 0. The minimum absolute atomic E-state index is 0.105. The smallest absolute Gasteiger partial charge is 0.462 e. The Labute approximate surface area is 568 Å². The first-order chi connectivity index (χ1) is 44.7. The monoisotopic (exact) mass is 1370 g/mol. The molecule has 0 aromatic rings. The third-order valence-electron chi connectivity index (χ3n) is 17.1.